The number of hydrogen-bond acceptors (Lipinski definition) is 1. The zero-order valence-corrected chi connectivity index (χ0v) is 12.9. The van der Waals surface area contributed by atoms with Crippen LogP contribution in [0.15, 0.2) is 60.7 Å². The van der Waals surface area contributed by atoms with Gasteiger partial charge in [-0.1, -0.05) is 60.7 Å². The third kappa shape index (κ3) is 3.56. The van der Waals surface area contributed by atoms with E-state index < -0.39 is 0 Å². The van der Waals surface area contributed by atoms with Gasteiger partial charge in [-0.2, -0.15) is 0 Å². The van der Waals surface area contributed by atoms with Crippen molar-refractivity contribution in [3.05, 3.63) is 71.8 Å². The second kappa shape index (κ2) is 7.26. The van der Waals surface area contributed by atoms with Crippen LogP contribution in [0.2, 0.25) is 0 Å². The van der Waals surface area contributed by atoms with Crippen molar-refractivity contribution >= 4 is 5.91 Å². The van der Waals surface area contributed by atoms with Gasteiger partial charge in [-0.3, -0.25) is 4.79 Å². The minimum Gasteiger partial charge on any atom is -0.343 e. The van der Waals surface area contributed by atoms with E-state index in [0.717, 1.165) is 38.8 Å². The van der Waals surface area contributed by atoms with Gasteiger partial charge in [0.05, 0.1) is 0 Å². The average molecular weight is 293 g/mol. The standard InChI is InChI=1S/C20H23NO/c22-20-14-8-16-21(20)15-7-13-19(17-9-3-1-4-10-17)18-11-5-2-6-12-18/h1-6,9-12,19H,7-8,13-16H2. The summed E-state index contributed by atoms with van der Waals surface area (Å²) >= 11 is 0. The molecule has 2 aromatic carbocycles. The molecular formula is C20H23NO. The van der Waals surface area contributed by atoms with E-state index in [1.807, 2.05) is 4.90 Å². The molecule has 1 fully saturated rings. The summed E-state index contributed by atoms with van der Waals surface area (Å²) < 4.78 is 0. The van der Waals surface area contributed by atoms with Gasteiger partial charge in [-0.15, -0.1) is 0 Å². The molecule has 0 spiro atoms. The molecular weight excluding hydrogens is 270 g/mol. The molecule has 0 aliphatic carbocycles. The topological polar surface area (TPSA) is 20.3 Å². The molecule has 1 aliphatic rings. The van der Waals surface area contributed by atoms with Crippen molar-refractivity contribution in [1.29, 1.82) is 0 Å². The number of amides is 1. The molecule has 1 heterocycles. The number of rotatable bonds is 6. The van der Waals surface area contributed by atoms with Gasteiger partial charge in [0.25, 0.3) is 0 Å². The zero-order chi connectivity index (χ0) is 15.2. The number of likely N-dealkylation sites (tertiary alicyclic amines) is 1. The molecule has 2 aromatic rings. The summed E-state index contributed by atoms with van der Waals surface area (Å²) in [5, 5.41) is 0. The van der Waals surface area contributed by atoms with Crippen LogP contribution in [-0.4, -0.2) is 23.9 Å². The Morgan fingerprint density at radius 3 is 2.00 bits per heavy atom. The fourth-order valence-electron chi connectivity index (χ4n) is 3.32. The van der Waals surface area contributed by atoms with Gasteiger partial charge < -0.3 is 4.90 Å². The lowest BCUT2D eigenvalue weighted by atomic mass is 9.87. The van der Waals surface area contributed by atoms with Crippen LogP contribution in [0.1, 0.15) is 42.7 Å². The fraction of sp³-hybridized carbons (Fsp3) is 0.350. The second-order valence-corrected chi connectivity index (χ2v) is 6.00. The summed E-state index contributed by atoms with van der Waals surface area (Å²) in [5.41, 5.74) is 2.72. The lowest BCUT2D eigenvalue weighted by molar-refractivity contribution is -0.127. The van der Waals surface area contributed by atoms with Crippen LogP contribution >= 0.6 is 0 Å². The first-order chi connectivity index (χ1) is 10.8. The zero-order valence-electron chi connectivity index (χ0n) is 12.9. The molecule has 0 atom stereocenters. The first kappa shape index (κ1) is 14.8. The predicted octanol–water partition coefficient (Wildman–Crippen LogP) is 4.22. The summed E-state index contributed by atoms with van der Waals surface area (Å²) in [4.78, 5) is 13.7. The quantitative estimate of drug-likeness (QED) is 0.781. The summed E-state index contributed by atoms with van der Waals surface area (Å²) in [5.74, 6) is 0.746. The van der Waals surface area contributed by atoms with Crippen molar-refractivity contribution in [2.24, 2.45) is 0 Å². The highest BCUT2D eigenvalue weighted by Crippen LogP contribution is 2.29. The van der Waals surface area contributed by atoms with Crippen LogP contribution in [0, 0.1) is 0 Å². The molecule has 0 bridgehead atoms. The van der Waals surface area contributed by atoms with Gasteiger partial charge in [-0.05, 0) is 30.4 Å². The van der Waals surface area contributed by atoms with E-state index in [0.29, 0.717) is 11.8 Å². The van der Waals surface area contributed by atoms with Crippen molar-refractivity contribution in [2.75, 3.05) is 13.1 Å². The van der Waals surface area contributed by atoms with Crippen molar-refractivity contribution in [1.82, 2.24) is 4.90 Å². The maximum Gasteiger partial charge on any atom is 0.222 e. The minimum absolute atomic E-state index is 0.330. The highest BCUT2D eigenvalue weighted by Gasteiger charge is 2.20. The molecule has 3 rings (SSSR count). The molecule has 0 aromatic heterocycles. The largest absolute Gasteiger partial charge is 0.343 e. The van der Waals surface area contributed by atoms with Crippen LogP contribution in [0.3, 0.4) is 0 Å². The lowest BCUT2D eigenvalue weighted by Gasteiger charge is -2.20. The molecule has 22 heavy (non-hydrogen) atoms. The Hall–Kier alpha value is -2.09. The third-order valence-electron chi connectivity index (χ3n) is 4.50. The normalized spacial score (nSPS) is 14.8. The summed E-state index contributed by atoms with van der Waals surface area (Å²) in [6.45, 7) is 1.84. The Balaban J connectivity index is 1.68. The Kier molecular flexibility index (Phi) is 4.89. The van der Waals surface area contributed by atoms with Gasteiger partial charge in [0.1, 0.15) is 0 Å². The second-order valence-electron chi connectivity index (χ2n) is 6.00. The number of benzene rings is 2. The maximum atomic E-state index is 11.7. The first-order valence-electron chi connectivity index (χ1n) is 8.22. The van der Waals surface area contributed by atoms with Crippen LogP contribution in [0.5, 0.6) is 0 Å². The molecule has 0 unspecified atom stereocenters. The van der Waals surface area contributed by atoms with Gasteiger partial charge in [0.2, 0.25) is 5.91 Å². The van der Waals surface area contributed by atoms with E-state index in [9.17, 15) is 4.79 Å². The summed E-state index contributed by atoms with van der Waals surface area (Å²) in [7, 11) is 0. The highest BCUT2D eigenvalue weighted by molar-refractivity contribution is 5.77. The van der Waals surface area contributed by atoms with Gasteiger partial charge in [0.15, 0.2) is 0 Å². The number of carbonyl (C=O) groups is 1. The van der Waals surface area contributed by atoms with Gasteiger partial charge in [-0.25, -0.2) is 0 Å². The summed E-state index contributed by atoms with van der Waals surface area (Å²) in [6.07, 6.45) is 3.90. The Labute approximate surface area is 132 Å². The fourth-order valence-corrected chi connectivity index (χ4v) is 3.32. The Morgan fingerprint density at radius 2 is 1.50 bits per heavy atom. The molecule has 1 aliphatic heterocycles. The number of hydrogen-bond donors (Lipinski definition) is 0. The molecule has 114 valence electrons. The average Bonchev–Trinajstić information content (AvgIpc) is 2.98. The Morgan fingerprint density at radius 1 is 0.909 bits per heavy atom. The van der Waals surface area contributed by atoms with E-state index in [-0.39, 0.29) is 0 Å². The van der Waals surface area contributed by atoms with Crippen LogP contribution < -0.4 is 0 Å². The smallest absolute Gasteiger partial charge is 0.222 e. The van der Waals surface area contributed by atoms with E-state index in [4.69, 9.17) is 0 Å². The van der Waals surface area contributed by atoms with Crippen LogP contribution in [0.4, 0.5) is 0 Å². The third-order valence-corrected chi connectivity index (χ3v) is 4.50. The van der Waals surface area contributed by atoms with E-state index >= 15 is 0 Å². The maximum absolute atomic E-state index is 11.7. The van der Waals surface area contributed by atoms with Gasteiger partial charge >= 0.3 is 0 Å². The SMILES string of the molecule is O=C1CCCN1CCCC(c1ccccc1)c1ccccc1. The predicted molar refractivity (Wildman–Crippen MR) is 89.8 cm³/mol. The highest BCUT2D eigenvalue weighted by atomic mass is 16.2. The molecule has 1 amide bonds. The number of nitrogens with zero attached hydrogens (tertiary/aromatic N) is 1. The van der Waals surface area contributed by atoms with Crippen molar-refractivity contribution in [2.45, 2.75) is 31.6 Å². The Bertz CT molecular complexity index is 554. The van der Waals surface area contributed by atoms with Crippen molar-refractivity contribution < 1.29 is 4.79 Å². The molecule has 2 heteroatoms. The van der Waals surface area contributed by atoms with Gasteiger partial charge in [0, 0.05) is 25.4 Å². The molecule has 2 nitrogen and oxygen atoms in total. The first-order valence-corrected chi connectivity index (χ1v) is 8.22. The number of carbonyl (C=O) groups excluding carboxylic acids is 1. The monoisotopic (exact) mass is 293 g/mol. The minimum atomic E-state index is 0.330. The molecule has 0 N–H and O–H groups in total. The van der Waals surface area contributed by atoms with E-state index in [1.165, 1.54) is 11.1 Å². The molecule has 1 saturated heterocycles. The summed E-state index contributed by atoms with van der Waals surface area (Å²) in [6, 6.07) is 21.4. The molecule has 0 radical (unpaired) electrons. The molecule has 0 saturated carbocycles. The lowest BCUT2D eigenvalue weighted by Crippen LogP contribution is -2.25. The van der Waals surface area contributed by atoms with Crippen LogP contribution in [0.25, 0.3) is 0 Å². The van der Waals surface area contributed by atoms with Crippen molar-refractivity contribution in [3.8, 4) is 0 Å². The van der Waals surface area contributed by atoms with E-state index in [1.54, 1.807) is 0 Å². The van der Waals surface area contributed by atoms with Crippen molar-refractivity contribution in [3.63, 3.8) is 0 Å². The van der Waals surface area contributed by atoms with E-state index in [2.05, 4.69) is 60.7 Å². The van der Waals surface area contributed by atoms with Crippen LogP contribution in [-0.2, 0) is 4.79 Å².